The Hall–Kier alpha value is 0.531. The van der Waals surface area contributed by atoms with E-state index < -0.39 is 24.0 Å². The molecule has 8 heteroatoms. The molecule has 0 unspecified atom stereocenters. The normalized spacial score (nSPS) is 11.9. The van der Waals surface area contributed by atoms with Crippen LogP contribution in [0.15, 0.2) is 4.90 Å². The molecule has 0 amide bonds. The molecule has 22 heavy (non-hydrogen) atoms. The van der Waals surface area contributed by atoms with Crippen LogP contribution >= 0.6 is 12.6 Å². The Morgan fingerprint density at radius 3 is 1.86 bits per heavy atom. The Balaban J connectivity index is 0.00000441. The first-order valence-electron chi connectivity index (χ1n) is 6.53. The number of carbonyl (C=O) groups excluding carboxylic acids is 1. The van der Waals surface area contributed by atoms with E-state index >= 15 is 0 Å². The molecule has 0 aliphatic heterocycles. The van der Waals surface area contributed by atoms with Crippen molar-refractivity contribution in [1.82, 2.24) is 0 Å². The monoisotopic (exact) mass is 358 g/mol. The van der Waals surface area contributed by atoms with Crippen LogP contribution in [0.4, 0.5) is 12.9 Å². The fourth-order valence-corrected chi connectivity index (χ4v) is 2.58. The maximum Gasteiger partial charge on any atom is 1.00 e. The summed E-state index contributed by atoms with van der Waals surface area (Å²) in [6, 6.07) is 0. The van der Waals surface area contributed by atoms with Crippen LogP contribution in [0, 0.1) is 20.8 Å². The van der Waals surface area contributed by atoms with E-state index in [1.165, 1.54) is 13.8 Å². The zero-order valence-electron chi connectivity index (χ0n) is 14.0. The molecule has 1 rings (SSSR count). The van der Waals surface area contributed by atoms with Crippen LogP contribution in [-0.2, 0) is 4.74 Å². The number of benzene rings is 1. The van der Waals surface area contributed by atoms with E-state index in [2.05, 4.69) is 12.6 Å². The van der Waals surface area contributed by atoms with Gasteiger partial charge in [0, 0.05) is 4.90 Å². The second-order valence-corrected chi connectivity index (χ2v) is 6.54. The van der Waals surface area contributed by atoms with Gasteiger partial charge in [-0.3, -0.25) is 0 Å². The molecule has 0 spiro atoms. The molecule has 0 saturated carbocycles. The summed E-state index contributed by atoms with van der Waals surface area (Å²) in [6.07, 6.45) is 0. The van der Waals surface area contributed by atoms with Crippen LogP contribution < -0.4 is 56.8 Å². The average molecular weight is 358 g/mol. The molecular weight excluding hydrogens is 339 g/mol. The van der Waals surface area contributed by atoms with E-state index in [1.807, 2.05) is 0 Å². The summed E-state index contributed by atoms with van der Waals surface area (Å²) < 4.78 is 45.1. The van der Waals surface area contributed by atoms with E-state index in [0.717, 1.165) is 0 Å². The van der Waals surface area contributed by atoms with Gasteiger partial charge < -0.3 is 17.7 Å². The predicted molar refractivity (Wildman–Crippen MR) is 81.8 cm³/mol. The van der Waals surface area contributed by atoms with Crippen LogP contribution in [0.3, 0.4) is 0 Å². The van der Waals surface area contributed by atoms with Gasteiger partial charge in [0.05, 0.1) is 5.56 Å². The predicted octanol–water partition coefficient (Wildman–Crippen LogP) is 0.914. The first-order valence-corrected chi connectivity index (χ1v) is 6.98. The van der Waals surface area contributed by atoms with Crippen molar-refractivity contribution in [1.29, 1.82) is 0 Å². The number of halogens is 3. The van der Waals surface area contributed by atoms with E-state index in [0.29, 0.717) is 5.56 Å². The van der Waals surface area contributed by atoms with Gasteiger partial charge in [0.25, 0.3) is 0 Å². The van der Waals surface area contributed by atoms with Gasteiger partial charge in [0.1, 0.15) is 5.60 Å². The van der Waals surface area contributed by atoms with E-state index in [4.69, 9.17) is 4.74 Å². The van der Waals surface area contributed by atoms with Crippen molar-refractivity contribution in [3.63, 3.8) is 0 Å². The van der Waals surface area contributed by atoms with Crippen LogP contribution in [0.25, 0.3) is 0 Å². The molecule has 1 aromatic rings. The van der Waals surface area contributed by atoms with Crippen molar-refractivity contribution < 1.29 is 73.9 Å². The van der Waals surface area contributed by atoms with Crippen molar-refractivity contribution in [2.45, 2.75) is 52.0 Å². The fraction of sp³-hybridized carbons (Fsp3) is 0.500. The van der Waals surface area contributed by atoms with Gasteiger partial charge in [-0.2, -0.15) is 0 Å². The molecule has 0 aliphatic rings. The maximum atomic E-state index is 13.3. The number of carbonyl (C=O) groups is 1. The van der Waals surface area contributed by atoms with E-state index in [1.54, 1.807) is 27.7 Å². The summed E-state index contributed by atoms with van der Waals surface area (Å²) in [5, 5.41) is 0. The third kappa shape index (κ3) is 5.01. The number of rotatable bonds is 2. The van der Waals surface area contributed by atoms with Crippen molar-refractivity contribution in [3.05, 3.63) is 22.3 Å². The minimum absolute atomic E-state index is 0. The molecule has 0 N–H and O–H groups in total. The fourth-order valence-electron chi connectivity index (χ4n) is 2.35. The minimum atomic E-state index is -5.23. The van der Waals surface area contributed by atoms with Crippen molar-refractivity contribution >= 4 is 31.0 Å². The van der Waals surface area contributed by atoms with Gasteiger partial charge in [0.2, 0.25) is 0 Å². The average Bonchev–Trinajstić information content (AvgIpc) is 2.21. The molecule has 118 valence electrons. The van der Waals surface area contributed by atoms with Gasteiger partial charge in [-0.05, 0) is 47.1 Å². The summed E-state index contributed by atoms with van der Waals surface area (Å²) in [5.41, 5.74) is -1.22. The Morgan fingerprint density at radius 2 is 1.50 bits per heavy atom. The van der Waals surface area contributed by atoms with Crippen molar-refractivity contribution in [2.24, 2.45) is 0 Å². The van der Waals surface area contributed by atoms with Gasteiger partial charge >= 0.3 is 64.3 Å². The van der Waals surface area contributed by atoms with Gasteiger partial charge in [-0.25, -0.2) is 4.79 Å². The largest absolute Gasteiger partial charge is 1.00 e. The van der Waals surface area contributed by atoms with Crippen LogP contribution in [-0.4, -0.2) is 18.5 Å². The second kappa shape index (κ2) is 7.61. The Kier molecular flexibility index (Phi) is 7.80. The zero-order valence-corrected chi connectivity index (χ0v) is 18.0. The maximum absolute atomic E-state index is 13.3. The number of hydrogen-bond acceptors (Lipinski definition) is 3. The summed E-state index contributed by atoms with van der Waals surface area (Å²) in [7, 11) is 0. The molecule has 0 aliphatic carbocycles. The standard InChI is InChI=1S/C14H19BF3O2S.K/c1-7-10(13(19)20-14(4,5)6)8(2)12(21)9(3)11(7)15(16,17)18;/h21H,1-6H3;/q-1;+1. The zero-order chi connectivity index (χ0) is 16.7. The Labute approximate surface area is 177 Å². The van der Waals surface area contributed by atoms with Crippen molar-refractivity contribution in [3.8, 4) is 0 Å². The molecule has 0 aromatic heterocycles. The van der Waals surface area contributed by atoms with E-state index in [-0.39, 0.29) is 73.0 Å². The summed E-state index contributed by atoms with van der Waals surface area (Å²) in [6.45, 7) is 4.02. The van der Waals surface area contributed by atoms with Crippen LogP contribution in [0.5, 0.6) is 0 Å². The topological polar surface area (TPSA) is 26.3 Å². The number of hydrogen-bond donors (Lipinski definition) is 1. The van der Waals surface area contributed by atoms with Crippen LogP contribution in [0.1, 0.15) is 47.8 Å². The second-order valence-electron chi connectivity index (χ2n) is 6.09. The Bertz CT molecular complexity index is 595. The molecule has 0 saturated heterocycles. The van der Waals surface area contributed by atoms with Crippen LogP contribution in [0.2, 0.25) is 0 Å². The van der Waals surface area contributed by atoms with Gasteiger partial charge in [0.15, 0.2) is 0 Å². The first-order chi connectivity index (χ1) is 9.27. The molecule has 0 heterocycles. The molecule has 2 nitrogen and oxygen atoms in total. The molecule has 0 bridgehead atoms. The number of esters is 1. The molecule has 0 fully saturated rings. The summed E-state index contributed by atoms with van der Waals surface area (Å²) in [4.78, 5) is 12.4. The first kappa shape index (κ1) is 22.5. The van der Waals surface area contributed by atoms with Gasteiger partial charge in [-0.1, -0.05) is 11.1 Å². The smallest absolute Gasteiger partial charge is 0.456 e. The molecule has 1 aromatic carbocycles. The summed E-state index contributed by atoms with van der Waals surface area (Å²) >= 11 is 4.14. The summed E-state index contributed by atoms with van der Waals surface area (Å²) in [5.74, 6) is -0.755. The molecule has 0 atom stereocenters. The van der Waals surface area contributed by atoms with Crippen molar-refractivity contribution in [2.75, 3.05) is 0 Å². The number of ether oxygens (including phenoxy) is 1. The Morgan fingerprint density at radius 1 is 1.05 bits per heavy atom. The number of thiol groups is 1. The SMILES string of the molecule is Cc1c(S)c(C)c([B-](F)(F)F)c(C)c1C(=O)OC(C)(C)C.[K+]. The van der Waals surface area contributed by atoms with E-state index in [9.17, 15) is 17.7 Å². The quantitative estimate of drug-likeness (QED) is 0.483. The minimum Gasteiger partial charge on any atom is -0.456 e. The third-order valence-corrected chi connectivity index (χ3v) is 3.87. The molecular formula is C14H19BF3KO2S. The van der Waals surface area contributed by atoms with Gasteiger partial charge in [-0.15, -0.1) is 18.1 Å². The third-order valence-electron chi connectivity index (χ3n) is 3.20. The molecule has 0 radical (unpaired) electrons.